The second-order valence-electron chi connectivity index (χ2n) is 4.21. The van der Waals surface area contributed by atoms with E-state index in [4.69, 9.17) is 0 Å². The highest BCUT2D eigenvalue weighted by Gasteiger charge is 2.15. The van der Waals surface area contributed by atoms with Crippen molar-refractivity contribution >= 4 is 5.78 Å². The van der Waals surface area contributed by atoms with E-state index in [-0.39, 0.29) is 22.8 Å². The molecular weight excluding hydrogens is 290 g/mol. The van der Waals surface area contributed by atoms with Crippen LogP contribution in [0.3, 0.4) is 0 Å². The molecule has 0 saturated carbocycles. The summed E-state index contributed by atoms with van der Waals surface area (Å²) in [6.45, 7) is 4.37. The van der Waals surface area contributed by atoms with Gasteiger partial charge in [0.15, 0.2) is 11.9 Å². The molecule has 0 atom stereocenters. The van der Waals surface area contributed by atoms with Gasteiger partial charge in [-0.3, -0.25) is 4.79 Å². The zero-order valence-corrected chi connectivity index (χ0v) is 12.1. The van der Waals surface area contributed by atoms with Crippen LogP contribution in [0.15, 0.2) is 48.7 Å². The average molecular weight is 306 g/mol. The van der Waals surface area contributed by atoms with Crippen LogP contribution in [-0.4, -0.2) is 5.78 Å². The Morgan fingerprint density at radius 3 is 2.39 bits per heavy atom. The highest BCUT2D eigenvalue weighted by molar-refractivity contribution is 5.96. The maximum absolute atomic E-state index is 12.2. The molecule has 0 spiro atoms. The zero-order chi connectivity index (χ0) is 12.3. The summed E-state index contributed by atoms with van der Waals surface area (Å²) in [5.74, 6) is 0.155. The molecule has 2 rings (SSSR count). The van der Waals surface area contributed by atoms with Gasteiger partial charge in [0.05, 0.1) is 0 Å². The van der Waals surface area contributed by atoms with E-state index in [0.29, 0.717) is 6.54 Å². The Hall–Kier alpha value is -1.48. The molecule has 94 valence electrons. The lowest BCUT2D eigenvalue weighted by atomic mass is 10.0. The van der Waals surface area contributed by atoms with Crippen LogP contribution in [0.5, 0.6) is 0 Å². The van der Waals surface area contributed by atoms with Crippen molar-refractivity contribution in [1.82, 2.24) is 0 Å². The normalized spacial score (nSPS) is 9.67. The molecule has 1 aromatic heterocycles. The summed E-state index contributed by atoms with van der Waals surface area (Å²) in [6.07, 6.45) is 1.94. The van der Waals surface area contributed by atoms with Gasteiger partial charge in [0.2, 0.25) is 12.3 Å². The predicted molar refractivity (Wildman–Crippen MR) is 66.9 cm³/mol. The third-order valence-corrected chi connectivity index (χ3v) is 2.93. The summed E-state index contributed by atoms with van der Waals surface area (Å²) in [5.41, 5.74) is 2.93. The van der Waals surface area contributed by atoms with Crippen LogP contribution in [-0.2, 0) is 6.54 Å². The van der Waals surface area contributed by atoms with Gasteiger partial charge in [-0.05, 0) is 12.5 Å². The van der Waals surface area contributed by atoms with Crippen molar-refractivity contribution in [1.29, 1.82) is 0 Å². The number of ketones is 1. The molecule has 0 aliphatic heterocycles. The lowest BCUT2D eigenvalue weighted by Gasteiger charge is -2.03. The highest BCUT2D eigenvalue weighted by Crippen LogP contribution is 2.07. The van der Waals surface area contributed by atoms with Crippen molar-refractivity contribution in [2.75, 3.05) is 0 Å². The fourth-order valence-electron chi connectivity index (χ4n) is 1.86. The van der Waals surface area contributed by atoms with Gasteiger partial charge >= 0.3 is 0 Å². The number of hydrogen-bond donors (Lipinski definition) is 0. The van der Waals surface area contributed by atoms with Crippen LogP contribution in [0.2, 0.25) is 0 Å². The molecule has 1 heterocycles. The summed E-state index contributed by atoms with van der Waals surface area (Å²) in [6, 6.07) is 13.6. The van der Waals surface area contributed by atoms with Crippen molar-refractivity contribution in [3.8, 4) is 0 Å². The summed E-state index contributed by atoms with van der Waals surface area (Å²) < 4.78 is 1.97. The molecule has 0 radical (unpaired) electrons. The van der Waals surface area contributed by atoms with Gasteiger partial charge in [0.1, 0.15) is 0 Å². The van der Waals surface area contributed by atoms with Crippen LogP contribution in [0.1, 0.15) is 21.6 Å². The fraction of sp³-hybridized carbons (Fsp3) is 0.200. The van der Waals surface area contributed by atoms with Gasteiger partial charge in [0, 0.05) is 24.6 Å². The molecule has 0 aliphatic carbocycles. The number of Topliss-reactive ketones (excluding diaryl/α,β-unsaturated/α-hetero) is 1. The monoisotopic (exact) mass is 305 g/mol. The number of pyridine rings is 1. The third-order valence-electron chi connectivity index (χ3n) is 2.93. The van der Waals surface area contributed by atoms with E-state index in [0.717, 1.165) is 16.8 Å². The van der Waals surface area contributed by atoms with E-state index < -0.39 is 0 Å². The van der Waals surface area contributed by atoms with Crippen LogP contribution in [0.4, 0.5) is 0 Å². The Kier molecular flexibility index (Phi) is 5.23. The second-order valence-corrected chi connectivity index (χ2v) is 4.21. The molecule has 2 aromatic rings. The molecule has 0 N–H and O–H groups in total. The molecule has 0 fully saturated rings. The summed E-state index contributed by atoms with van der Waals surface area (Å²) in [4.78, 5) is 12.2. The van der Waals surface area contributed by atoms with Crippen molar-refractivity contribution in [2.24, 2.45) is 0 Å². The molecular formula is C15H16BrNO. The minimum absolute atomic E-state index is 0. The maximum Gasteiger partial charge on any atom is 0.227 e. The molecule has 1 aromatic carbocycles. The molecule has 0 aliphatic rings. The first-order valence-electron chi connectivity index (χ1n) is 5.72. The lowest BCUT2D eigenvalue weighted by Crippen LogP contribution is -3.00. The van der Waals surface area contributed by atoms with Gasteiger partial charge in [-0.15, -0.1) is 0 Å². The number of benzene rings is 1. The molecule has 0 bridgehead atoms. The van der Waals surface area contributed by atoms with Gasteiger partial charge < -0.3 is 17.0 Å². The van der Waals surface area contributed by atoms with Crippen LogP contribution in [0.25, 0.3) is 0 Å². The third kappa shape index (κ3) is 3.26. The zero-order valence-electron chi connectivity index (χ0n) is 10.6. The van der Waals surface area contributed by atoms with Crippen molar-refractivity contribution < 1.29 is 26.3 Å². The molecule has 0 unspecified atom stereocenters. The molecule has 3 heteroatoms. The predicted octanol–water partition coefficient (Wildman–Crippen LogP) is -0.522. The minimum atomic E-state index is 0. The number of carbonyl (C=O) groups is 1. The van der Waals surface area contributed by atoms with Gasteiger partial charge in [-0.1, -0.05) is 30.3 Å². The molecule has 0 saturated heterocycles. The number of rotatable bonds is 3. The van der Waals surface area contributed by atoms with E-state index in [2.05, 4.69) is 0 Å². The molecule has 2 nitrogen and oxygen atoms in total. The number of aryl methyl sites for hydroxylation is 2. The first kappa shape index (κ1) is 14.6. The van der Waals surface area contributed by atoms with Gasteiger partial charge in [-0.25, -0.2) is 0 Å². The number of carbonyl (C=O) groups excluding carboxylic acids is 1. The minimum Gasteiger partial charge on any atom is -1.00 e. The van der Waals surface area contributed by atoms with E-state index in [1.807, 2.05) is 67.1 Å². The first-order chi connectivity index (χ1) is 8.18. The Labute approximate surface area is 118 Å². The number of aromatic nitrogens is 1. The molecule has 18 heavy (non-hydrogen) atoms. The number of hydrogen-bond acceptors (Lipinski definition) is 1. The molecule has 0 amide bonds. The maximum atomic E-state index is 12.2. The van der Waals surface area contributed by atoms with E-state index in [1.165, 1.54) is 0 Å². The van der Waals surface area contributed by atoms with Crippen LogP contribution in [0, 0.1) is 13.8 Å². The van der Waals surface area contributed by atoms with Gasteiger partial charge in [-0.2, -0.15) is 4.57 Å². The summed E-state index contributed by atoms with van der Waals surface area (Å²) in [7, 11) is 0. The van der Waals surface area contributed by atoms with Crippen molar-refractivity contribution in [3.05, 3.63) is 65.5 Å². The largest absolute Gasteiger partial charge is 1.00 e. The van der Waals surface area contributed by atoms with Crippen LogP contribution >= 0.6 is 0 Å². The standard InChI is InChI=1S/C15H16NO.BrH/c1-12-7-3-4-9-14(12)15(17)11-16-10-6-5-8-13(16)2;/h3-10H,11H2,1-2H3;1H/q+1;/p-1. The quantitative estimate of drug-likeness (QED) is 0.552. The number of nitrogens with zero attached hydrogens (tertiary/aromatic N) is 1. The topological polar surface area (TPSA) is 20.9 Å². The van der Waals surface area contributed by atoms with E-state index in [9.17, 15) is 4.79 Å². The summed E-state index contributed by atoms with van der Waals surface area (Å²) >= 11 is 0. The van der Waals surface area contributed by atoms with Gasteiger partial charge in [0.25, 0.3) is 0 Å². The Morgan fingerprint density at radius 1 is 1.06 bits per heavy atom. The fourth-order valence-corrected chi connectivity index (χ4v) is 1.86. The van der Waals surface area contributed by atoms with Crippen molar-refractivity contribution in [3.63, 3.8) is 0 Å². The van der Waals surface area contributed by atoms with Crippen molar-refractivity contribution in [2.45, 2.75) is 20.4 Å². The second kappa shape index (κ2) is 6.45. The smallest absolute Gasteiger partial charge is 0.227 e. The number of halogens is 1. The first-order valence-corrected chi connectivity index (χ1v) is 5.72. The average Bonchev–Trinajstić information content (AvgIpc) is 2.32. The Balaban J connectivity index is 0.00000162. The highest BCUT2D eigenvalue weighted by atomic mass is 79.9. The lowest BCUT2D eigenvalue weighted by molar-refractivity contribution is -0.689. The van der Waals surface area contributed by atoms with Crippen LogP contribution < -0.4 is 21.5 Å². The SMILES string of the molecule is Cc1ccccc1C(=O)C[n+]1ccccc1C.[Br-]. The Bertz CT molecular complexity index is 552. The summed E-state index contributed by atoms with van der Waals surface area (Å²) in [5, 5.41) is 0. The van der Waals surface area contributed by atoms with E-state index >= 15 is 0 Å². The van der Waals surface area contributed by atoms with E-state index in [1.54, 1.807) is 0 Å². The Morgan fingerprint density at radius 2 is 1.72 bits per heavy atom.